The maximum absolute atomic E-state index is 14.0. The molecule has 5 nitrogen and oxygen atoms in total. The van der Waals surface area contributed by atoms with Crippen molar-refractivity contribution in [3.63, 3.8) is 0 Å². The number of pyridine rings is 1. The number of piperazine rings is 1. The van der Waals surface area contributed by atoms with Crippen molar-refractivity contribution in [1.82, 2.24) is 9.88 Å². The molecule has 1 aromatic heterocycles. The van der Waals surface area contributed by atoms with Gasteiger partial charge in [0, 0.05) is 31.9 Å². The Hall–Kier alpha value is -3.41. The van der Waals surface area contributed by atoms with Crippen LogP contribution >= 0.6 is 0 Å². The maximum atomic E-state index is 14.0. The number of carbonyl (C=O) groups excluding carboxylic acids is 1. The number of benzene rings is 2. The van der Waals surface area contributed by atoms with E-state index in [1.807, 2.05) is 47.4 Å². The van der Waals surface area contributed by atoms with Crippen LogP contribution in [-0.2, 0) is 0 Å². The highest BCUT2D eigenvalue weighted by Crippen LogP contribution is 2.21. The Morgan fingerprint density at radius 1 is 0.857 bits per heavy atom. The van der Waals surface area contributed by atoms with Crippen molar-refractivity contribution in [3.05, 3.63) is 84.4 Å². The van der Waals surface area contributed by atoms with Gasteiger partial charge in [0.25, 0.3) is 5.91 Å². The number of para-hydroxylation sites is 2. The number of rotatable bonds is 4. The van der Waals surface area contributed by atoms with Gasteiger partial charge in [0.1, 0.15) is 11.5 Å². The minimum absolute atomic E-state index is 0.0977. The Labute approximate surface area is 163 Å². The van der Waals surface area contributed by atoms with Crippen LogP contribution < -0.4 is 10.2 Å². The molecule has 1 aliphatic heterocycles. The number of nitrogens with zero attached hydrogens (tertiary/aromatic N) is 3. The first-order valence-electron chi connectivity index (χ1n) is 9.27. The van der Waals surface area contributed by atoms with Crippen molar-refractivity contribution >= 4 is 23.0 Å². The Kier molecular flexibility index (Phi) is 5.19. The average molecular weight is 376 g/mol. The molecule has 0 spiro atoms. The van der Waals surface area contributed by atoms with Gasteiger partial charge in [-0.05, 0) is 36.4 Å². The van der Waals surface area contributed by atoms with E-state index >= 15 is 0 Å². The number of amides is 1. The summed E-state index contributed by atoms with van der Waals surface area (Å²) in [4.78, 5) is 20.8. The zero-order valence-corrected chi connectivity index (χ0v) is 15.4. The molecule has 2 aromatic carbocycles. The first-order valence-corrected chi connectivity index (χ1v) is 9.27. The SMILES string of the molecule is O=C(c1ccc(Nc2ccccc2)cn1)N1CCN(c2ccccc2F)CC1. The Morgan fingerprint density at radius 2 is 1.57 bits per heavy atom. The largest absolute Gasteiger partial charge is 0.366 e. The third-order valence-corrected chi connectivity index (χ3v) is 4.81. The van der Waals surface area contributed by atoms with Crippen LogP contribution in [0.15, 0.2) is 72.9 Å². The van der Waals surface area contributed by atoms with Crippen LogP contribution in [0.5, 0.6) is 0 Å². The molecule has 1 fully saturated rings. The van der Waals surface area contributed by atoms with E-state index < -0.39 is 0 Å². The molecule has 4 rings (SSSR count). The molecule has 0 saturated carbocycles. The predicted octanol–water partition coefficient (Wildman–Crippen LogP) is 3.93. The average Bonchev–Trinajstić information content (AvgIpc) is 2.75. The first kappa shape index (κ1) is 18.0. The molecule has 0 radical (unpaired) electrons. The molecule has 3 aromatic rings. The highest BCUT2D eigenvalue weighted by molar-refractivity contribution is 5.92. The van der Waals surface area contributed by atoms with Crippen LogP contribution in [0, 0.1) is 5.82 Å². The highest BCUT2D eigenvalue weighted by atomic mass is 19.1. The van der Waals surface area contributed by atoms with E-state index in [9.17, 15) is 9.18 Å². The molecule has 0 atom stereocenters. The Bertz CT molecular complexity index is 938. The van der Waals surface area contributed by atoms with Crippen LogP contribution in [-0.4, -0.2) is 42.0 Å². The van der Waals surface area contributed by atoms with E-state index in [-0.39, 0.29) is 11.7 Å². The van der Waals surface area contributed by atoms with Gasteiger partial charge in [-0.15, -0.1) is 0 Å². The Morgan fingerprint density at radius 3 is 2.25 bits per heavy atom. The standard InChI is InChI=1S/C22H21FN4O/c23-19-8-4-5-9-21(19)26-12-14-27(15-13-26)22(28)20-11-10-18(16-24-20)25-17-6-2-1-3-7-17/h1-11,16,25H,12-15H2. The summed E-state index contributed by atoms with van der Waals surface area (Å²) in [6, 6.07) is 20.1. The molecule has 1 N–H and O–H groups in total. The fourth-order valence-corrected chi connectivity index (χ4v) is 3.30. The molecule has 0 unspecified atom stereocenters. The normalized spacial score (nSPS) is 14.0. The third-order valence-electron chi connectivity index (χ3n) is 4.81. The first-order chi connectivity index (χ1) is 13.7. The molecular weight excluding hydrogens is 355 g/mol. The topological polar surface area (TPSA) is 48.5 Å². The van der Waals surface area contributed by atoms with E-state index in [0.717, 1.165) is 11.4 Å². The van der Waals surface area contributed by atoms with Gasteiger partial charge < -0.3 is 15.1 Å². The zero-order valence-electron chi connectivity index (χ0n) is 15.4. The van der Waals surface area contributed by atoms with E-state index in [1.165, 1.54) is 6.07 Å². The fourth-order valence-electron chi connectivity index (χ4n) is 3.30. The van der Waals surface area contributed by atoms with Gasteiger partial charge in [0.2, 0.25) is 0 Å². The predicted molar refractivity (Wildman–Crippen MR) is 108 cm³/mol. The quantitative estimate of drug-likeness (QED) is 0.750. The number of hydrogen-bond acceptors (Lipinski definition) is 4. The van der Waals surface area contributed by atoms with Crippen molar-refractivity contribution < 1.29 is 9.18 Å². The molecule has 1 saturated heterocycles. The van der Waals surface area contributed by atoms with Crippen LogP contribution in [0.1, 0.15) is 10.5 Å². The van der Waals surface area contributed by atoms with Gasteiger partial charge in [-0.25, -0.2) is 9.37 Å². The number of hydrogen-bond donors (Lipinski definition) is 1. The molecule has 2 heterocycles. The van der Waals surface area contributed by atoms with E-state index in [0.29, 0.717) is 37.6 Å². The van der Waals surface area contributed by atoms with Crippen molar-refractivity contribution in [3.8, 4) is 0 Å². The van der Waals surface area contributed by atoms with Crippen molar-refractivity contribution in [1.29, 1.82) is 0 Å². The molecule has 0 aliphatic carbocycles. The van der Waals surface area contributed by atoms with Crippen molar-refractivity contribution in [2.75, 3.05) is 36.4 Å². The highest BCUT2D eigenvalue weighted by Gasteiger charge is 2.24. The van der Waals surface area contributed by atoms with Crippen molar-refractivity contribution in [2.24, 2.45) is 0 Å². The summed E-state index contributed by atoms with van der Waals surface area (Å²) in [7, 11) is 0. The molecule has 1 amide bonds. The number of halogens is 1. The summed E-state index contributed by atoms with van der Waals surface area (Å²) >= 11 is 0. The molecule has 6 heteroatoms. The molecule has 142 valence electrons. The van der Waals surface area contributed by atoms with Gasteiger partial charge in [-0.2, -0.15) is 0 Å². The fraction of sp³-hybridized carbons (Fsp3) is 0.182. The van der Waals surface area contributed by atoms with Crippen molar-refractivity contribution in [2.45, 2.75) is 0 Å². The van der Waals surface area contributed by atoms with E-state index in [4.69, 9.17) is 0 Å². The summed E-state index contributed by atoms with van der Waals surface area (Å²) in [5.74, 6) is -0.329. The lowest BCUT2D eigenvalue weighted by atomic mass is 10.2. The van der Waals surface area contributed by atoms with Crippen LogP contribution in [0.3, 0.4) is 0 Å². The number of carbonyl (C=O) groups is 1. The summed E-state index contributed by atoms with van der Waals surface area (Å²) in [5, 5.41) is 3.25. The van der Waals surface area contributed by atoms with E-state index in [1.54, 1.807) is 29.3 Å². The minimum atomic E-state index is -0.231. The van der Waals surface area contributed by atoms with Crippen LogP contribution in [0.25, 0.3) is 0 Å². The number of aromatic nitrogens is 1. The summed E-state index contributed by atoms with van der Waals surface area (Å²) < 4.78 is 14.0. The number of nitrogens with one attached hydrogen (secondary N) is 1. The monoisotopic (exact) mass is 376 g/mol. The Balaban J connectivity index is 1.37. The minimum Gasteiger partial charge on any atom is -0.366 e. The summed E-state index contributed by atoms with van der Waals surface area (Å²) in [6.07, 6.45) is 1.66. The zero-order chi connectivity index (χ0) is 19.3. The molecular formula is C22H21FN4O. The summed E-state index contributed by atoms with van der Waals surface area (Å²) in [5.41, 5.74) is 2.79. The molecule has 0 bridgehead atoms. The van der Waals surface area contributed by atoms with Crippen LogP contribution in [0.4, 0.5) is 21.5 Å². The lowest BCUT2D eigenvalue weighted by Gasteiger charge is -2.36. The smallest absolute Gasteiger partial charge is 0.272 e. The van der Waals surface area contributed by atoms with Gasteiger partial charge in [0.15, 0.2) is 0 Å². The maximum Gasteiger partial charge on any atom is 0.272 e. The lowest BCUT2D eigenvalue weighted by Crippen LogP contribution is -2.49. The third kappa shape index (κ3) is 3.96. The van der Waals surface area contributed by atoms with Gasteiger partial charge in [-0.1, -0.05) is 30.3 Å². The van der Waals surface area contributed by atoms with E-state index in [2.05, 4.69) is 10.3 Å². The van der Waals surface area contributed by atoms with Gasteiger partial charge >= 0.3 is 0 Å². The lowest BCUT2D eigenvalue weighted by molar-refractivity contribution is 0.0741. The van der Waals surface area contributed by atoms with Crippen LogP contribution in [0.2, 0.25) is 0 Å². The second-order valence-electron chi connectivity index (χ2n) is 6.65. The molecule has 1 aliphatic rings. The number of anilines is 3. The van der Waals surface area contributed by atoms with Gasteiger partial charge in [0.05, 0.1) is 17.6 Å². The van der Waals surface area contributed by atoms with Gasteiger partial charge in [-0.3, -0.25) is 4.79 Å². The second-order valence-corrected chi connectivity index (χ2v) is 6.65. The molecule has 28 heavy (non-hydrogen) atoms. The summed E-state index contributed by atoms with van der Waals surface area (Å²) in [6.45, 7) is 2.28. The second kappa shape index (κ2) is 8.08.